The maximum atomic E-state index is 10.7. The van der Waals surface area contributed by atoms with Gasteiger partial charge in [-0.3, -0.25) is 4.79 Å². The normalized spacial score (nSPS) is 11.2. The van der Waals surface area contributed by atoms with Gasteiger partial charge >= 0.3 is 5.97 Å². The van der Waals surface area contributed by atoms with E-state index in [1.54, 1.807) is 7.05 Å². The van der Waals surface area contributed by atoms with Crippen LogP contribution in [0.3, 0.4) is 0 Å². The van der Waals surface area contributed by atoms with Gasteiger partial charge in [0.05, 0.1) is 6.54 Å². The Morgan fingerprint density at radius 2 is 2.15 bits per heavy atom. The van der Waals surface area contributed by atoms with Crippen LogP contribution in [0.1, 0.15) is 0 Å². The fourth-order valence-corrected chi connectivity index (χ4v) is 2.10. The lowest BCUT2D eigenvalue weighted by Crippen LogP contribution is -2.21. The summed E-state index contributed by atoms with van der Waals surface area (Å²) in [5.41, 5.74) is 0. The Hall–Kier alpha value is -0.270. The largest absolute Gasteiger partial charge is 0.464 e. The second kappa shape index (κ2) is 6.22. The third kappa shape index (κ3) is 9.65. The molecule has 0 amide bonds. The molecule has 0 aromatic rings. The zero-order valence-electron chi connectivity index (χ0n) is 7.57. The van der Waals surface area contributed by atoms with Crippen molar-refractivity contribution < 1.29 is 17.9 Å². The van der Waals surface area contributed by atoms with E-state index >= 15 is 0 Å². The Morgan fingerprint density at radius 3 is 2.62 bits per heavy atom. The first-order valence-electron chi connectivity index (χ1n) is 3.60. The molecule has 0 aliphatic rings. The van der Waals surface area contributed by atoms with Gasteiger partial charge in [-0.15, -0.1) is 0 Å². The molecule has 0 saturated carbocycles. The summed E-state index contributed by atoms with van der Waals surface area (Å²) in [5.74, 6) is -0.106. The molecular formula is C6H13NO4S2. The Labute approximate surface area is 81.5 Å². The summed E-state index contributed by atoms with van der Waals surface area (Å²) in [6.45, 7) is 0.266. The lowest BCUT2D eigenvalue weighted by Gasteiger charge is -2.02. The van der Waals surface area contributed by atoms with Gasteiger partial charge in [-0.05, 0) is 17.8 Å². The van der Waals surface area contributed by atoms with Gasteiger partial charge in [-0.2, -0.15) is 0 Å². The van der Waals surface area contributed by atoms with Crippen molar-refractivity contribution in [1.29, 1.82) is 0 Å². The SMILES string of the molecule is CNCC(=O)OCCSS(C)(=O)=O. The number of hydrogen-bond acceptors (Lipinski definition) is 6. The van der Waals surface area contributed by atoms with Gasteiger partial charge in [-0.25, -0.2) is 8.42 Å². The minimum atomic E-state index is -3.02. The van der Waals surface area contributed by atoms with E-state index < -0.39 is 8.87 Å². The van der Waals surface area contributed by atoms with Crippen molar-refractivity contribution in [3.8, 4) is 0 Å². The van der Waals surface area contributed by atoms with Crippen LogP contribution in [0, 0.1) is 0 Å². The average Bonchev–Trinajstić information content (AvgIpc) is 1.97. The van der Waals surface area contributed by atoms with Crippen molar-refractivity contribution in [2.75, 3.05) is 32.2 Å². The number of nitrogens with one attached hydrogen (secondary N) is 1. The molecule has 13 heavy (non-hydrogen) atoms. The highest BCUT2D eigenvalue weighted by molar-refractivity contribution is 8.71. The van der Waals surface area contributed by atoms with E-state index in [4.69, 9.17) is 4.74 Å². The second-order valence-electron chi connectivity index (χ2n) is 2.28. The van der Waals surface area contributed by atoms with Crippen LogP contribution >= 0.6 is 10.8 Å². The summed E-state index contributed by atoms with van der Waals surface area (Å²) in [6.07, 6.45) is 1.12. The Morgan fingerprint density at radius 1 is 1.54 bits per heavy atom. The maximum Gasteiger partial charge on any atom is 0.319 e. The Bertz CT molecular complexity index is 249. The second-order valence-corrected chi connectivity index (χ2v) is 6.85. The van der Waals surface area contributed by atoms with Crippen molar-refractivity contribution in [1.82, 2.24) is 5.32 Å². The van der Waals surface area contributed by atoms with Gasteiger partial charge < -0.3 is 10.1 Å². The zero-order valence-corrected chi connectivity index (χ0v) is 9.20. The molecule has 0 fully saturated rings. The van der Waals surface area contributed by atoms with E-state index in [2.05, 4.69) is 5.32 Å². The van der Waals surface area contributed by atoms with Crippen LogP contribution in [0.4, 0.5) is 0 Å². The molecule has 1 N–H and O–H groups in total. The molecule has 0 radical (unpaired) electrons. The van der Waals surface area contributed by atoms with Crippen LogP contribution in [0.2, 0.25) is 0 Å². The molecular weight excluding hydrogens is 214 g/mol. The van der Waals surface area contributed by atoms with Crippen molar-refractivity contribution in [3.63, 3.8) is 0 Å². The van der Waals surface area contributed by atoms with Crippen LogP contribution < -0.4 is 5.32 Å². The van der Waals surface area contributed by atoms with E-state index in [1.165, 1.54) is 0 Å². The fourth-order valence-electron chi connectivity index (χ4n) is 0.536. The minimum Gasteiger partial charge on any atom is -0.464 e. The number of rotatable bonds is 6. The molecule has 0 heterocycles. The molecule has 78 valence electrons. The average molecular weight is 227 g/mol. The summed E-state index contributed by atoms with van der Waals surface area (Å²) in [7, 11) is -0.625. The van der Waals surface area contributed by atoms with E-state index in [0.29, 0.717) is 0 Å². The third-order valence-electron chi connectivity index (χ3n) is 0.965. The molecule has 0 bridgehead atoms. The fraction of sp³-hybridized carbons (Fsp3) is 0.833. The highest BCUT2D eigenvalue weighted by Crippen LogP contribution is 2.08. The molecule has 0 aliphatic carbocycles. The lowest BCUT2D eigenvalue weighted by atomic mass is 10.6. The molecule has 0 spiro atoms. The summed E-state index contributed by atoms with van der Waals surface area (Å²) in [5, 5.41) is 2.63. The van der Waals surface area contributed by atoms with Gasteiger partial charge in [0.1, 0.15) is 6.61 Å². The van der Waals surface area contributed by atoms with Crippen molar-refractivity contribution in [2.45, 2.75) is 0 Å². The Kier molecular flexibility index (Phi) is 6.10. The van der Waals surface area contributed by atoms with Crippen LogP contribution in [0.5, 0.6) is 0 Å². The van der Waals surface area contributed by atoms with Gasteiger partial charge in [0.15, 0.2) is 8.87 Å². The highest BCUT2D eigenvalue weighted by atomic mass is 33.1. The summed E-state index contributed by atoms with van der Waals surface area (Å²) < 4.78 is 25.9. The molecule has 0 saturated heterocycles. The van der Waals surface area contributed by atoms with Crippen molar-refractivity contribution >= 4 is 25.6 Å². The number of carbonyl (C=O) groups is 1. The number of ether oxygens (including phenoxy) is 1. The number of hydrogen-bond donors (Lipinski definition) is 1. The molecule has 0 atom stereocenters. The maximum absolute atomic E-state index is 10.7. The first-order valence-corrected chi connectivity index (χ1v) is 6.99. The van der Waals surface area contributed by atoms with Gasteiger partial charge in [-0.1, -0.05) is 0 Å². The number of carbonyl (C=O) groups excluding carboxylic acids is 1. The van der Waals surface area contributed by atoms with Gasteiger partial charge in [0.2, 0.25) is 0 Å². The molecule has 0 unspecified atom stereocenters. The Balaban J connectivity index is 3.41. The van der Waals surface area contributed by atoms with E-state index in [1.807, 2.05) is 0 Å². The number of esters is 1. The number of likely N-dealkylation sites (N-methyl/N-ethyl adjacent to an activating group) is 1. The molecule has 0 aromatic heterocycles. The minimum absolute atomic E-state index is 0.123. The van der Waals surface area contributed by atoms with Crippen molar-refractivity contribution in [2.24, 2.45) is 0 Å². The standard InChI is InChI=1S/C6H13NO4S2/c1-7-5-6(8)11-3-4-12-13(2,9)10/h7H,3-5H2,1-2H3. The summed E-state index contributed by atoms with van der Waals surface area (Å²) in [6, 6.07) is 0. The molecule has 0 rings (SSSR count). The van der Waals surface area contributed by atoms with E-state index in [0.717, 1.165) is 17.0 Å². The van der Waals surface area contributed by atoms with Crippen LogP contribution in [0.25, 0.3) is 0 Å². The van der Waals surface area contributed by atoms with Crippen LogP contribution in [-0.2, 0) is 18.4 Å². The smallest absolute Gasteiger partial charge is 0.319 e. The first kappa shape index (κ1) is 12.7. The quantitative estimate of drug-likeness (QED) is 0.372. The molecule has 0 aromatic carbocycles. The summed E-state index contributed by atoms with van der Waals surface area (Å²) >= 11 is 0. The predicted molar refractivity (Wildman–Crippen MR) is 52.2 cm³/mol. The zero-order chi connectivity index (χ0) is 10.3. The molecule has 5 nitrogen and oxygen atoms in total. The molecule has 0 aliphatic heterocycles. The molecule has 7 heteroatoms. The van der Waals surface area contributed by atoms with Crippen LogP contribution in [-0.4, -0.2) is 46.6 Å². The first-order chi connectivity index (χ1) is 5.95. The topological polar surface area (TPSA) is 72.5 Å². The monoisotopic (exact) mass is 227 g/mol. The third-order valence-corrected chi connectivity index (χ3v) is 3.51. The van der Waals surface area contributed by atoms with Crippen molar-refractivity contribution in [3.05, 3.63) is 0 Å². The lowest BCUT2D eigenvalue weighted by molar-refractivity contribution is -0.141. The van der Waals surface area contributed by atoms with Gasteiger partial charge in [0, 0.05) is 12.0 Å². The predicted octanol–water partition coefficient (Wildman–Crippen LogP) is -0.558. The van der Waals surface area contributed by atoms with E-state index in [-0.39, 0.29) is 24.9 Å². The van der Waals surface area contributed by atoms with Crippen LogP contribution in [0.15, 0.2) is 0 Å². The van der Waals surface area contributed by atoms with E-state index in [9.17, 15) is 13.2 Å². The van der Waals surface area contributed by atoms with Gasteiger partial charge in [0.25, 0.3) is 0 Å². The highest BCUT2D eigenvalue weighted by Gasteiger charge is 2.04. The summed E-state index contributed by atoms with van der Waals surface area (Å²) in [4.78, 5) is 10.7.